The average Bonchev–Trinajstić information content (AvgIpc) is 2.25. The van der Waals surface area contributed by atoms with Crippen molar-refractivity contribution in [3.8, 4) is 5.75 Å². The van der Waals surface area contributed by atoms with Crippen LogP contribution in [0, 0.1) is 0 Å². The number of amides is 1. The molecule has 1 atom stereocenters. The molecule has 0 aliphatic rings. The zero-order valence-corrected chi connectivity index (χ0v) is 8.51. The van der Waals surface area contributed by atoms with Crippen LogP contribution in [0.25, 0.3) is 0 Å². The van der Waals surface area contributed by atoms with E-state index in [1.807, 2.05) is 5.32 Å². The summed E-state index contributed by atoms with van der Waals surface area (Å²) < 4.78 is 4.91. The summed E-state index contributed by atoms with van der Waals surface area (Å²) in [4.78, 5) is 21.2. The molecule has 0 fully saturated rings. The van der Waals surface area contributed by atoms with Gasteiger partial charge in [-0.1, -0.05) is 12.1 Å². The van der Waals surface area contributed by atoms with E-state index < -0.39 is 18.1 Å². The van der Waals surface area contributed by atoms with E-state index in [4.69, 9.17) is 14.9 Å². The molecule has 1 amide bonds. The van der Waals surface area contributed by atoms with Crippen molar-refractivity contribution < 1.29 is 24.5 Å². The fraction of sp³-hybridized carbons (Fsp3) is 0.200. The first-order chi connectivity index (χ1) is 7.54. The Bertz CT molecular complexity index is 387. The molecule has 0 saturated heterocycles. The van der Waals surface area contributed by atoms with E-state index in [1.165, 1.54) is 19.2 Å². The fourth-order valence-electron chi connectivity index (χ4n) is 1.21. The largest absolute Gasteiger partial charge is 0.497 e. The van der Waals surface area contributed by atoms with Crippen LogP contribution in [0.15, 0.2) is 24.3 Å². The molecule has 0 saturated carbocycles. The van der Waals surface area contributed by atoms with Gasteiger partial charge in [0.1, 0.15) is 5.75 Å². The van der Waals surface area contributed by atoms with E-state index >= 15 is 0 Å². The molecule has 0 aromatic heterocycles. The molecule has 0 bridgehead atoms. The van der Waals surface area contributed by atoms with Crippen LogP contribution in [0.3, 0.4) is 0 Å². The van der Waals surface area contributed by atoms with Crippen LogP contribution in [0.5, 0.6) is 5.75 Å². The van der Waals surface area contributed by atoms with Crippen molar-refractivity contribution in [1.29, 1.82) is 0 Å². The summed E-state index contributed by atoms with van der Waals surface area (Å²) in [6, 6.07) is 4.84. The number of carboxylic acids is 1. The topological polar surface area (TPSA) is 95.9 Å². The van der Waals surface area contributed by atoms with Gasteiger partial charge in [0.25, 0.3) is 0 Å². The van der Waals surface area contributed by atoms with Crippen LogP contribution in [0.2, 0.25) is 0 Å². The lowest BCUT2D eigenvalue weighted by Gasteiger charge is -2.12. The van der Waals surface area contributed by atoms with Crippen LogP contribution in [0.1, 0.15) is 11.6 Å². The molecule has 0 heterocycles. The van der Waals surface area contributed by atoms with E-state index in [1.54, 1.807) is 12.1 Å². The number of hydrogen-bond donors (Lipinski definition) is 3. The molecule has 1 unspecified atom stereocenters. The molecule has 1 aromatic rings. The minimum atomic E-state index is -1.39. The molecule has 16 heavy (non-hydrogen) atoms. The maximum atomic E-state index is 10.8. The smallest absolute Gasteiger partial charge is 0.405 e. The second-order valence-corrected chi connectivity index (χ2v) is 2.99. The van der Waals surface area contributed by atoms with Crippen molar-refractivity contribution in [3.05, 3.63) is 29.8 Å². The predicted molar refractivity (Wildman–Crippen MR) is 54.5 cm³/mol. The van der Waals surface area contributed by atoms with Crippen molar-refractivity contribution in [2.45, 2.75) is 6.04 Å². The molecule has 0 aliphatic carbocycles. The van der Waals surface area contributed by atoms with Crippen molar-refractivity contribution in [2.75, 3.05) is 7.11 Å². The highest BCUT2D eigenvalue weighted by atomic mass is 16.5. The molecule has 0 spiro atoms. The molecule has 86 valence electrons. The summed E-state index contributed by atoms with van der Waals surface area (Å²) in [5, 5.41) is 19.3. The third kappa shape index (κ3) is 2.88. The molecule has 0 aliphatic heterocycles. The number of methoxy groups -OCH3 is 1. The highest BCUT2D eigenvalue weighted by Crippen LogP contribution is 2.17. The van der Waals surface area contributed by atoms with Crippen molar-refractivity contribution >= 4 is 12.1 Å². The Balaban J connectivity index is 2.92. The van der Waals surface area contributed by atoms with E-state index in [0.717, 1.165) is 0 Å². The number of aliphatic carboxylic acids is 1. The van der Waals surface area contributed by atoms with Crippen LogP contribution >= 0.6 is 0 Å². The summed E-state index contributed by atoms with van der Waals surface area (Å²) in [6.07, 6.45) is -1.39. The van der Waals surface area contributed by atoms with Gasteiger partial charge in [-0.25, -0.2) is 9.59 Å². The van der Waals surface area contributed by atoms with E-state index in [2.05, 4.69) is 0 Å². The minimum Gasteiger partial charge on any atom is -0.497 e. The first kappa shape index (κ1) is 11.8. The Morgan fingerprint density at radius 2 is 1.81 bits per heavy atom. The Morgan fingerprint density at radius 3 is 2.19 bits per heavy atom. The molecule has 1 aromatic carbocycles. The first-order valence-electron chi connectivity index (χ1n) is 4.41. The van der Waals surface area contributed by atoms with E-state index in [-0.39, 0.29) is 0 Å². The van der Waals surface area contributed by atoms with Crippen LogP contribution < -0.4 is 10.1 Å². The molecule has 1 rings (SSSR count). The fourth-order valence-corrected chi connectivity index (χ4v) is 1.21. The van der Waals surface area contributed by atoms with E-state index in [9.17, 15) is 9.59 Å². The number of hydrogen-bond acceptors (Lipinski definition) is 3. The Kier molecular flexibility index (Phi) is 3.71. The second kappa shape index (κ2) is 5.01. The summed E-state index contributed by atoms with van der Waals surface area (Å²) in [5.74, 6) is -0.684. The normalized spacial score (nSPS) is 11.6. The summed E-state index contributed by atoms with van der Waals surface area (Å²) in [7, 11) is 1.49. The maximum absolute atomic E-state index is 10.8. The number of carboxylic acid groups (broad SMARTS) is 2. The quantitative estimate of drug-likeness (QED) is 0.712. The molecule has 6 nitrogen and oxygen atoms in total. The van der Waals surface area contributed by atoms with Crippen molar-refractivity contribution in [1.82, 2.24) is 5.32 Å². The van der Waals surface area contributed by atoms with Gasteiger partial charge in [0.15, 0.2) is 6.04 Å². The first-order valence-corrected chi connectivity index (χ1v) is 4.41. The van der Waals surface area contributed by atoms with Gasteiger partial charge in [-0.2, -0.15) is 0 Å². The molecular weight excluding hydrogens is 214 g/mol. The third-order valence-corrected chi connectivity index (χ3v) is 1.96. The van der Waals surface area contributed by atoms with Crippen LogP contribution in [-0.4, -0.2) is 29.4 Å². The summed E-state index contributed by atoms with van der Waals surface area (Å²) >= 11 is 0. The van der Waals surface area contributed by atoms with Crippen LogP contribution in [0.4, 0.5) is 4.79 Å². The van der Waals surface area contributed by atoms with Crippen molar-refractivity contribution in [2.24, 2.45) is 0 Å². The molecule has 0 radical (unpaired) electrons. The standard InChI is InChI=1S/C10H11NO5/c1-16-7-4-2-6(3-5-7)8(9(12)13)11-10(14)15/h2-5,8,11H,1H3,(H,12,13)(H,14,15). The van der Waals surface area contributed by atoms with Gasteiger partial charge in [-0.05, 0) is 17.7 Å². The predicted octanol–water partition coefficient (Wildman–Crippen LogP) is 1.09. The second-order valence-electron chi connectivity index (χ2n) is 2.99. The van der Waals surface area contributed by atoms with E-state index in [0.29, 0.717) is 11.3 Å². The number of benzene rings is 1. The van der Waals surface area contributed by atoms with Gasteiger partial charge < -0.3 is 20.3 Å². The van der Waals surface area contributed by atoms with Crippen LogP contribution in [-0.2, 0) is 4.79 Å². The zero-order chi connectivity index (χ0) is 12.1. The monoisotopic (exact) mass is 225 g/mol. The van der Waals surface area contributed by atoms with Gasteiger partial charge in [-0.15, -0.1) is 0 Å². The maximum Gasteiger partial charge on any atom is 0.405 e. The molecule has 6 heteroatoms. The van der Waals surface area contributed by atoms with Gasteiger partial charge in [-0.3, -0.25) is 0 Å². The number of rotatable bonds is 4. The lowest BCUT2D eigenvalue weighted by Crippen LogP contribution is -2.32. The lowest BCUT2D eigenvalue weighted by atomic mass is 10.1. The van der Waals surface area contributed by atoms with Gasteiger partial charge >= 0.3 is 12.1 Å². The van der Waals surface area contributed by atoms with Crippen molar-refractivity contribution in [3.63, 3.8) is 0 Å². The van der Waals surface area contributed by atoms with Gasteiger partial charge in [0, 0.05) is 0 Å². The highest BCUT2D eigenvalue weighted by Gasteiger charge is 2.21. The summed E-state index contributed by atoms with van der Waals surface area (Å²) in [5.41, 5.74) is 0.343. The number of ether oxygens (including phenoxy) is 1. The molecular formula is C10H11NO5. The number of nitrogens with one attached hydrogen (secondary N) is 1. The average molecular weight is 225 g/mol. The Labute approximate surface area is 91.5 Å². The third-order valence-electron chi connectivity index (χ3n) is 1.96. The van der Waals surface area contributed by atoms with Gasteiger partial charge in [0.2, 0.25) is 0 Å². The minimum absolute atomic E-state index is 0.343. The SMILES string of the molecule is COc1ccc(C(NC(=O)O)C(=O)O)cc1. The Morgan fingerprint density at radius 1 is 1.25 bits per heavy atom. The Hall–Kier alpha value is -2.24. The zero-order valence-electron chi connectivity index (χ0n) is 8.51. The summed E-state index contributed by atoms with van der Waals surface area (Å²) in [6.45, 7) is 0. The lowest BCUT2D eigenvalue weighted by molar-refractivity contribution is -0.139. The highest BCUT2D eigenvalue weighted by molar-refractivity contribution is 5.80. The molecule has 3 N–H and O–H groups in total. The van der Waals surface area contributed by atoms with Gasteiger partial charge in [0.05, 0.1) is 7.11 Å². The number of carbonyl (C=O) groups is 2.